The minimum Gasteiger partial charge on any atom is -0.404 e. The Labute approximate surface area is 205 Å². The number of amides is 1. The van der Waals surface area contributed by atoms with Gasteiger partial charge in [-0.05, 0) is 87.2 Å². The number of carbonyl (C=O) groups excluding carboxylic acids is 1. The van der Waals surface area contributed by atoms with Crippen molar-refractivity contribution in [2.24, 2.45) is 5.73 Å². The Balaban J connectivity index is 1.41. The van der Waals surface area contributed by atoms with Crippen LogP contribution in [0.5, 0.6) is 0 Å². The number of carbonyl (C=O) groups is 1. The Morgan fingerprint density at radius 1 is 1.09 bits per heavy atom. The summed E-state index contributed by atoms with van der Waals surface area (Å²) in [5.41, 5.74) is 10.6. The number of nitrogens with two attached hydrogens (primary N) is 1. The van der Waals surface area contributed by atoms with Gasteiger partial charge in [-0.3, -0.25) is 14.8 Å². The second-order valence-electron chi connectivity index (χ2n) is 9.57. The molecule has 1 amide bonds. The summed E-state index contributed by atoms with van der Waals surface area (Å²) in [6, 6.07) is 13.7. The van der Waals surface area contributed by atoms with E-state index in [9.17, 15) is 9.18 Å². The number of hydrogen-bond donors (Lipinski definition) is 2. The van der Waals surface area contributed by atoms with Gasteiger partial charge in [-0.2, -0.15) is 0 Å². The lowest BCUT2D eigenvalue weighted by Gasteiger charge is -2.36. The molecule has 2 aliphatic heterocycles. The highest BCUT2D eigenvalue weighted by molar-refractivity contribution is 6.19. The Morgan fingerprint density at radius 2 is 1.86 bits per heavy atom. The van der Waals surface area contributed by atoms with E-state index in [0.717, 1.165) is 35.2 Å². The van der Waals surface area contributed by atoms with E-state index in [1.54, 1.807) is 31.5 Å². The molecule has 0 spiro atoms. The van der Waals surface area contributed by atoms with E-state index in [-0.39, 0.29) is 17.8 Å². The molecule has 0 aliphatic carbocycles. The largest absolute Gasteiger partial charge is 0.404 e. The number of aryl methyl sites for hydroxylation is 1. The topological polar surface area (TPSA) is 84.1 Å². The van der Waals surface area contributed by atoms with Crippen molar-refractivity contribution in [1.82, 2.24) is 20.2 Å². The molecule has 2 bridgehead atoms. The van der Waals surface area contributed by atoms with Crippen molar-refractivity contribution in [3.63, 3.8) is 0 Å². The van der Waals surface area contributed by atoms with Crippen LogP contribution in [0.4, 0.5) is 4.39 Å². The van der Waals surface area contributed by atoms with E-state index < -0.39 is 0 Å². The molecule has 5 rings (SSSR count). The van der Waals surface area contributed by atoms with Crippen LogP contribution in [-0.2, 0) is 4.79 Å². The van der Waals surface area contributed by atoms with Gasteiger partial charge in [0, 0.05) is 47.8 Å². The predicted octanol–water partition coefficient (Wildman–Crippen LogP) is 4.30. The summed E-state index contributed by atoms with van der Waals surface area (Å²) < 4.78 is 13.8. The van der Waals surface area contributed by atoms with Crippen LogP contribution in [0.2, 0.25) is 0 Å². The molecule has 2 aliphatic rings. The van der Waals surface area contributed by atoms with Crippen LogP contribution in [0.3, 0.4) is 0 Å². The summed E-state index contributed by atoms with van der Waals surface area (Å²) in [5, 5.41) is 3.20. The highest BCUT2D eigenvalue weighted by Gasteiger charge is 2.39. The number of piperidine rings is 1. The summed E-state index contributed by atoms with van der Waals surface area (Å²) in [5.74, 6) is -0.453. The minimum atomic E-state index is -0.251. The van der Waals surface area contributed by atoms with Crippen molar-refractivity contribution in [3.05, 3.63) is 78.1 Å². The third-order valence-corrected chi connectivity index (χ3v) is 7.43. The van der Waals surface area contributed by atoms with Crippen molar-refractivity contribution >= 4 is 11.5 Å². The number of pyridine rings is 2. The van der Waals surface area contributed by atoms with Crippen molar-refractivity contribution < 1.29 is 9.18 Å². The first-order valence-electron chi connectivity index (χ1n) is 12.1. The molecular weight excluding hydrogens is 441 g/mol. The Morgan fingerprint density at radius 3 is 2.57 bits per heavy atom. The Hall–Kier alpha value is -3.58. The number of aromatic nitrogens is 2. The molecule has 2 unspecified atom stereocenters. The Bertz CT molecular complexity index is 1280. The number of hydrogen-bond acceptors (Lipinski definition) is 5. The smallest absolute Gasteiger partial charge is 0.255 e. The average Bonchev–Trinajstić information content (AvgIpc) is 3.06. The highest BCUT2D eigenvalue weighted by atomic mass is 19.1. The predicted molar refractivity (Wildman–Crippen MR) is 136 cm³/mol. The fourth-order valence-electron chi connectivity index (χ4n) is 5.48. The minimum absolute atomic E-state index is 0.140. The molecule has 6 nitrogen and oxygen atoms in total. The van der Waals surface area contributed by atoms with E-state index >= 15 is 0 Å². The monoisotopic (exact) mass is 471 g/mol. The fourth-order valence-corrected chi connectivity index (χ4v) is 5.48. The van der Waals surface area contributed by atoms with Crippen molar-refractivity contribution in [3.8, 4) is 22.4 Å². The van der Waals surface area contributed by atoms with Crippen LogP contribution in [0.15, 0.2) is 61.1 Å². The lowest BCUT2D eigenvalue weighted by molar-refractivity contribution is -0.116. The lowest BCUT2D eigenvalue weighted by atomic mass is 9.96. The SMILES string of the molecule is Cc1cc(-c2ncccc2-c2ccnc(C(=CN)C(=O)NC3CC4CCC(C3)N4C)c2)ccc1F. The molecule has 1 aromatic carbocycles. The molecule has 2 atom stereocenters. The number of benzene rings is 1. The maximum Gasteiger partial charge on any atom is 0.255 e. The number of nitrogens with zero attached hydrogens (tertiary/aromatic N) is 3. The van der Waals surface area contributed by atoms with E-state index in [0.29, 0.717) is 28.9 Å². The van der Waals surface area contributed by atoms with Gasteiger partial charge < -0.3 is 16.0 Å². The lowest BCUT2D eigenvalue weighted by Crippen LogP contribution is -2.48. The van der Waals surface area contributed by atoms with Crippen LogP contribution in [0.25, 0.3) is 28.0 Å². The molecule has 0 saturated carbocycles. The van der Waals surface area contributed by atoms with E-state index in [2.05, 4.69) is 27.2 Å². The van der Waals surface area contributed by atoms with Crippen molar-refractivity contribution in [1.29, 1.82) is 0 Å². The van der Waals surface area contributed by atoms with E-state index in [1.807, 2.05) is 24.3 Å². The van der Waals surface area contributed by atoms with E-state index in [1.165, 1.54) is 25.1 Å². The van der Waals surface area contributed by atoms with Gasteiger partial charge in [0.1, 0.15) is 5.82 Å². The van der Waals surface area contributed by atoms with Crippen molar-refractivity contribution in [2.45, 2.75) is 50.7 Å². The molecule has 3 aromatic rings. The summed E-state index contributed by atoms with van der Waals surface area (Å²) in [4.78, 5) is 24.7. The molecule has 35 heavy (non-hydrogen) atoms. The first kappa shape index (κ1) is 23.2. The number of nitrogens with one attached hydrogen (secondary N) is 1. The Kier molecular flexibility index (Phi) is 6.34. The van der Waals surface area contributed by atoms with Gasteiger partial charge in [0.15, 0.2) is 0 Å². The zero-order valence-corrected chi connectivity index (χ0v) is 20.0. The van der Waals surface area contributed by atoms with Gasteiger partial charge >= 0.3 is 0 Å². The summed E-state index contributed by atoms with van der Waals surface area (Å²) in [7, 11) is 2.18. The highest BCUT2D eigenvalue weighted by Crippen LogP contribution is 2.35. The van der Waals surface area contributed by atoms with Crippen LogP contribution >= 0.6 is 0 Å². The molecule has 4 heterocycles. The zero-order chi connectivity index (χ0) is 24.5. The van der Waals surface area contributed by atoms with Gasteiger partial charge in [-0.1, -0.05) is 6.07 Å². The van der Waals surface area contributed by atoms with Gasteiger partial charge in [-0.15, -0.1) is 0 Å². The van der Waals surface area contributed by atoms with Crippen LogP contribution in [0.1, 0.15) is 36.9 Å². The van der Waals surface area contributed by atoms with Gasteiger partial charge in [0.05, 0.1) is 17.0 Å². The van der Waals surface area contributed by atoms with E-state index in [4.69, 9.17) is 5.73 Å². The first-order valence-corrected chi connectivity index (χ1v) is 12.1. The summed E-state index contributed by atoms with van der Waals surface area (Å²) in [6.07, 6.45) is 9.02. The van der Waals surface area contributed by atoms with Gasteiger partial charge in [-0.25, -0.2) is 4.39 Å². The van der Waals surface area contributed by atoms with Crippen LogP contribution in [-0.4, -0.2) is 45.9 Å². The first-order chi connectivity index (χ1) is 16.9. The average molecular weight is 472 g/mol. The molecule has 0 radical (unpaired) electrons. The third-order valence-electron chi connectivity index (χ3n) is 7.43. The fraction of sp³-hybridized carbons (Fsp3) is 0.321. The number of halogens is 1. The van der Waals surface area contributed by atoms with Crippen LogP contribution in [0, 0.1) is 12.7 Å². The van der Waals surface area contributed by atoms with Gasteiger partial charge in [0.2, 0.25) is 0 Å². The molecule has 180 valence electrons. The second-order valence-corrected chi connectivity index (χ2v) is 9.57. The summed E-state index contributed by atoms with van der Waals surface area (Å²) >= 11 is 0. The molecular formula is C28H30FN5O. The normalized spacial score (nSPS) is 22.3. The number of rotatable bonds is 5. The zero-order valence-electron chi connectivity index (χ0n) is 20.0. The molecule has 2 aromatic heterocycles. The summed E-state index contributed by atoms with van der Waals surface area (Å²) in [6.45, 7) is 1.73. The second kappa shape index (κ2) is 9.58. The molecule has 2 fully saturated rings. The molecule has 2 saturated heterocycles. The standard InChI is InChI=1S/C28H30FN5O/c1-17-12-19(5-8-25(17)29)27-23(4-3-10-32-27)18-9-11-31-26(13-18)24(16-30)28(35)33-20-14-21-6-7-22(15-20)34(21)2/h3-5,8-13,16,20-22H,6-7,14-15,30H2,1-2H3,(H,33,35). The van der Waals surface area contributed by atoms with Gasteiger partial charge in [0.25, 0.3) is 5.91 Å². The maximum absolute atomic E-state index is 13.8. The number of fused-ring (bicyclic) bond motifs is 2. The molecule has 3 N–H and O–H groups in total. The van der Waals surface area contributed by atoms with Crippen molar-refractivity contribution in [2.75, 3.05) is 7.05 Å². The molecule has 7 heteroatoms. The quantitative estimate of drug-likeness (QED) is 0.542. The maximum atomic E-state index is 13.8. The third kappa shape index (κ3) is 4.56. The van der Waals surface area contributed by atoms with Crippen LogP contribution < -0.4 is 11.1 Å².